The van der Waals surface area contributed by atoms with Crippen LogP contribution in [0.2, 0.25) is 0 Å². The van der Waals surface area contributed by atoms with Crippen LogP contribution in [0.1, 0.15) is 39.5 Å². The number of hydrogen-bond acceptors (Lipinski definition) is 6. The van der Waals surface area contributed by atoms with Crippen LogP contribution in [0.25, 0.3) is 0 Å². The monoisotopic (exact) mass is 362 g/mol. The molecule has 142 valence electrons. The maximum Gasteiger partial charge on any atom is 0.175 e. The van der Waals surface area contributed by atoms with Crippen LogP contribution in [0.5, 0.6) is 0 Å². The maximum atomic E-state index is 13.4. The molecular weight excluding hydrogens is 336 g/mol. The third-order valence-corrected chi connectivity index (χ3v) is 8.79. The largest absolute Gasteiger partial charge is 0.396 e. The van der Waals surface area contributed by atoms with E-state index in [1.54, 1.807) is 0 Å². The second kappa shape index (κ2) is 4.83. The van der Waals surface area contributed by atoms with Crippen LogP contribution in [0, 0.1) is 39.9 Å². The molecule has 0 unspecified atom stereocenters. The van der Waals surface area contributed by atoms with E-state index in [-0.39, 0.29) is 43.2 Å². The van der Waals surface area contributed by atoms with Gasteiger partial charge in [-0.3, -0.25) is 14.4 Å². The van der Waals surface area contributed by atoms with Crippen LogP contribution in [0.15, 0.2) is 0 Å². The van der Waals surface area contributed by atoms with Crippen molar-refractivity contribution in [3.8, 4) is 0 Å². The Morgan fingerprint density at radius 2 is 1.88 bits per heavy atom. The van der Waals surface area contributed by atoms with Gasteiger partial charge in [-0.15, -0.1) is 0 Å². The first-order chi connectivity index (χ1) is 12.2. The first-order valence-electron chi connectivity index (χ1n) is 9.75. The van der Waals surface area contributed by atoms with Gasteiger partial charge in [-0.2, -0.15) is 0 Å². The summed E-state index contributed by atoms with van der Waals surface area (Å²) in [5.41, 5.74) is -2.78. The Morgan fingerprint density at radius 3 is 2.54 bits per heavy atom. The highest BCUT2D eigenvalue weighted by molar-refractivity contribution is 6.14. The molecule has 6 aliphatic rings. The zero-order valence-corrected chi connectivity index (χ0v) is 15.2. The summed E-state index contributed by atoms with van der Waals surface area (Å²) >= 11 is 0. The molecule has 2 N–H and O–H groups in total. The van der Waals surface area contributed by atoms with Crippen molar-refractivity contribution in [3.63, 3.8) is 0 Å². The zero-order chi connectivity index (χ0) is 18.6. The van der Waals surface area contributed by atoms with Gasteiger partial charge in [0.15, 0.2) is 11.6 Å². The van der Waals surface area contributed by atoms with Gasteiger partial charge in [-0.05, 0) is 36.5 Å². The smallest absolute Gasteiger partial charge is 0.175 e. The molecule has 6 heteroatoms. The van der Waals surface area contributed by atoms with Crippen molar-refractivity contribution in [2.75, 3.05) is 13.2 Å². The number of carbonyl (C=O) groups excluding carboxylic acids is 3. The van der Waals surface area contributed by atoms with Gasteiger partial charge in [-0.1, -0.05) is 13.8 Å². The molecule has 8 atom stereocenters. The third kappa shape index (κ3) is 1.52. The van der Waals surface area contributed by atoms with E-state index in [0.717, 1.165) is 6.42 Å². The predicted octanol–water partition coefficient (Wildman–Crippen LogP) is 0.524. The molecule has 4 saturated carbocycles. The van der Waals surface area contributed by atoms with Crippen molar-refractivity contribution in [2.45, 2.75) is 51.7 Å². The standard InChI is InChI=1S/C20H26O6/c1-18(2)13-5-12(22)20(8-26-13)11-4-3-9-6-19(11,16(24)10(9)7-21)17(25)14(23)15(18)20/h9-11,13-15,21,23H,3-8H2,1-2H3/t9-,10-,11-,13+,14+,15-,19+,20-/m1/s1. The first kappa shape index (κ1) is 17.0. The van der Waals surface area contributed by atoms with Gasteiger partial charge in [0.1, 0.15) is 11.9 Å². The fourth-order valence-corrected chi connectivity index (χ4v) is 7.73. The molecule has 2 spiro atoms. The number of ether oxygens (including phenoxy) is 1. The molecule has 6 nitrogen and oxygen atoms in total. The molecule has 4 bridgehead atoms. The minimum atomic E-state index is -1.32. The molecule has 6 fully saturated rings. The van der Waals surface area contributed by atoms with E-state index in [1.165, 1.54) is 0 Å². The van der Waals surface area contributed by atoms with Crippen LogP contribution in [0.4, 0.5) is 0 Å². The van der Waals surface area contributed by atoms with Crippen molar-refractivity contribution in [2.24, 2.45) is 39.9 Å². The number of carbonyl (C=O) groups is 3. The van der Waals surface area contributed by atoms with Crippen LogP contribution in [0.3, 0.4) is 0 Å². The Kier molecular flexibility index (Phi) is 3.16. The summed E-state index contributed by atoms with van der Waals surface area (Å²) in [5, 5.41) is 20.8. The van der Waals surface area contributed by atoms with E-state index in [4.69, 9.17) is 4.74 Å². The van der Waals surface area contributed by atoms with Crippen molar-refractivity contribution in [3.05, 3.63) is 0 Å². The van der Waals surface area contributed by atoms with E-state index in [2.05, 4.69) is 0 Å². The lowest BCUT2D eigenvalue weighted by molar-refractivity contribution is -0.268. The van der Waals surface area contributed by atoms with Crippen molar-refractivity contribution in [1.82, 2.24) is 0 Å². The molecule has 2 aliphatic heterocycles. The Bertz CT molecular complexity index is 728. The molecule has 0 aromatic rings. The molecule has 0 amide bonds. The number of hydrogen-bond donors (Lipinski definition) is 2. The summed E-state index contributed by atoms with van der Waals surface area (Å²) in [6, 6.07) is 0. The van der Waals surface area contributed by atoms with Crippen LogP contribution in [-0.2, 0) is 19.1 Å². The van der Waals surface area contributed by atoms with Gasteiger partial charge < -0.3 is 14.9 Å². The van der Waals surface area contributed by atoms with Crippen molar-refractivity contribution in [1.29, 1.82) is 0 Å². The molecule has 26 heavy (non-hydrogen) atoms. The summed E-state index contributed by atoms with van der Waals surface area (Å²) < 4.78 is 6.04. The topological polar surface area (TPSA) is 101 Å². The highest BCUT2D eigenvalue weighted by Gasteiger charge is 2.79. The van der Waals surface area contributed by atoms with Crippen LogP contribution < -0.4 is 0 Å². The lowest BCUT2D eigenvalue weighted by atomic mass is 9.37. The second-order valence-corrected chi connectivity index (χ2v) is 9.79. The molecule has 0 aromatic carbocycles. The second-order valence-electron chi connectivity index (χ2n) is 9.79. The molecule has 2 heterocycles. The fourth-order valence-electron chi connectivity index (χ4n) is 7.73. The van der Waals surface area contributed by atoms with E-state index in [9.17, 15) is 24.6 Å². The summed E-state index contributed by atoms with van der Waals surface area (Å²) in [7, 11) is 0. The molecule has 4 aliphatic carbocycles. The number of aliphatic hydroxyl groups is 2. The number of rotatable bonds is 1. The normalized spacial score (nSPS) is 54.2. The Balaban J connectivity index is 1.74. The zero-order valence-electron chi connectivity index (χ0n) is 15.2. The molecular formula is C20H26O6. The van der Waals surface area contributed by atoms with Gasteiger partial charge in [0.25, 0.3) is 0 Å². The minimum Gasteiger partial charge on any atom is -0.396 e. The van der Waals surface area contributed by atoms with Gasteiger partial charge in [-0.25, -0.2) is 0 Å². The van der Waals surface area contributed by atoms with Gasteiger partial charge in [0, 0.05) is 18.3 Å². The van der Waals surface area contributed by atoms with Crippen molar-refractivity contribution >= 4 is 17.3 Å². The lowest BCUT2D eigenvalue weighted by Crippen LogP contribution is -2.77. The Morgan fingerprint density at radius 1 is 1.15 bits per heavy atom. The maximum absolute atomic E-state index is 13.4. The summed E-state index contributed by atoms with van der Waals surface area (Å²) in [6.45, 7) is 3.87. The Hall–Kier alpha value is -1.11. The van der Waals surface area contributed by atoms with Crippen LogP contribution in [-0.4, -0.2) is 53.0 Å². The number of fused-ring (bicyclic) bond motifs is 3. The minimum absolute atomic E-state index is 0.0307. The van der Waals surface area contributed by atoms with E-state index in [0.29, 0.717) is 12.8 Å². The summed E-state index contributed by atoms with van der Waals surface area (Å²) in [4.78, 5) is 40.0. The van der Waals surface area contributed by atoms with Gasteiger partial charge in [0.2, 0.25) is 0 Å². The van der Waals surface area contributed by atoms with Crippen molar-refractivity contribution < 1.29 is 29.3 Å². The highest BCUT2D eigenvalue weighted by Crippen LogP contribution is 2.71. The average molecular weight is 362 g/mol. The third-order valence-electron chi connectivity index (χ3n) is 8.79. The first-order valence-corrected chi connectivity index (χ1v) is 9.75. The van der Waals surface area contributed by atoms with Crippen LogP contribution >= 0.6 is 0 Å². The molecule has 6 rings (SSSR count). The SMILES string of the molecule is CC1(C)[C@@H]2CC(=O)[C@]3(CO2)[C@@H]1[C@H](O)C(=O)[C@@]12C[C@@H](CC[C@H]13)[C@@H](CO)C2=O. The Labute approximate surface area is 152 Å². The lowest BCUT2D eigenvalue weighted by Gasteiger charge is -2.67. The summed E-state index contributed by atoms with van der Waals surface area (Å²) in [6.07, 6.45) is 0.383. The molecule has 0 aromatic heterocycles. The van der Waals surface area contributed by atoms with Gasteiger partial charge in [0.05, 0.1) is 30.1 Å². The molecule has 2 saturated heterocycles. The summed E-state index contributed by atoms with van der Waals surface area (Å²) in [5.74, 6) is -2.10. The number of aliphatic hydroxyl groups excluding tert-OH is 2. The van der Waals surface area contributed by atoms with E-state index in [1.807, 2.05) is 13.8 Å². The van der Waals surface area contributed by atoms with E-state index >= 15 is 0 Å². The highest BCUT2D eigenvalue weighted by atomic mass is 16.5. The quantitative estimate of drug-likeness (QED) is 0.660. The number of ketones is 3. The average Bonchev–Trinajstić information content (AvgIpc) is 2.81. The molecule has 0 radical (unpaired) electrons. The fraction of sp³-hybridized carbons (Fsp3) is 0.850. The number of Topliss-reactive ketones (excluding diaryl/α,β-unsaturated/α-hetero) is 3. The van der Waals surface area contributed by atoms with E-state index < -0.39 is 45.9 Å². The predicted molar refractivity (Wildman–Crippen MR) is 88.9 cm³/mol. The van der Waals surface area contributed by atoms with Gasteiger partial charge >= 0.3 is 0 Å².